The molecule has 0 aliphatic carbocycles. The highest BCUT2D eigenvalue weighted by Gasteiger charge is 2.34. The van der Waals surface area contributed by atoms with Crippen LogP contribution in [-0.4, -0.2) is 37.4 Å². The number of alkyl halides is 3. The summed E-state index contributed by atoms with van der Waals surface area (Å²) in [5.41, 5.74) is -0.821. The zero-order chi connectivity index (χ0) is 21.9. The van der Waals surface area contributed by atoms with Gasteiger partial charge in [0.15, 0.2) is 0 Å². The van der Waals surface area contributed by atoms with E-state index in [0.717, 1.165) is 17.5 Å². The quantitative estimate of drug-likeness (QED) is 0.617. The van der Waals surface area contributed by atoms with Crippen molar-refractivity contribution < 1.29 is 27.2 Å². The third kappa shape index (κ3) is 4.80. The Hall–Kier alpha value is -3.33. The topological polar surface area (TPSA) is 74.6 Å². The fourth-order valence-electron chi connectivity index (χ4n) is 2.99. The van der Waals surface area contributed by atoms with E-state index in [0.29, 0.717) is 11.3 Å². The van der Waals surface area contributed by atoms with Crippen LogP contribution in [0.1, 0.15) is 17.4 Å². The third-order valence-corrected chi connectivity index (χ3v) is 4.54. The molecule has 3 aromatic rings. The van der Waals surface area contributed by atoms with E-state index < -0.39 is 29.2 Å². The molecule has 0 aliphatic rings. The molecule has 158 valence electrons. The standard InChI is InChI=1S/C21H20F3N3O3/c1-27(2)16(18-11-13-7-3-6-10-17(13)30-18)12-25-19(28)20(29)26-15-9-5-4-8-14(15)21(22,23)24/h3-11,16H,12H2,1-2H3,(H,25,28)(H,26,29)/t16-/m0/s1. The van der Waals surface area contributed by atoms with E-state index in [-0.39, 0.29) is 12.6 Å². The number of nitrogens with zero attached hydrogens (tertiary/aromatic N) is 1. The van der Waals surface area contributed by atoms with E-state index in [2.05, 4.69) is 5.32 Å². The summed E-state index contributed by atoms with van der Waals surface area (Å²) < 4.78 is 45.0. The van der Waals surface area contributed by atoms with Gasteiger partial charge in [-0.05, 0) is 38.4 Å². The fourth-order valence-corrected chi connectivity index (χ4v) is 2.99. The molecule has 0 saturated carbocycles. The zero-order valence-corrected chi connectivity index (χ0v) is 16.3. The summed E-state index contributed by atoms with van der Waals surface area (Å²) in [5, 5.41) is 5.37. The predicted octanol–water partition coefficient (Wildman–Crippen LogP) is 3.81. The molecule has 6 nitrogen and oxygen atoms in total. The molecule has 1 heterocycles. The number of fused-ring (bicyclic) bond motifs is 1. The summed E-state index contributed by atoms with van der Waals surface area (Å²) in [4.78, 5) is 26.1. The number of para-hydroxylation sites is 2. The van der Waals surface area contributed by atoms with Crippen molar-refractivity contribution in [3.05, 3.63) is 65.9 Å². The highest BCUT2D eigenvalue weighted by molar-refractivity contribution is 6.39. The van der Waals surface area contributed by atoms with Crippen LogP contribution in [0, 0.1) is 0 Å². The van der Waals surface area contributed by atoms with Gasteiger partial charge in [0.1, 0.15) is 11.3 Å². The second-order valence-corrected chi connectivity index (χ2v) is 6.87. The lowest BCUT2D eigenvalue weighted by Crippen LogP contribution is -2.40. The van der Waals surface area contributed by atoms with Gasteiger partial charge in [-0.1, -0.05) is 30.3 Å². The van der Waals surface area contributed by atoms with Crippen molar-refractivity contribution >= 4 is 28.5 Å². The summed E-state index contributed by atoms with van der Waals surface area (Å²) in [5.74, 6) is -1.65. The molecular formula is C21H20F3N3O3. The molecule has 2 aromatic carbocycles. The molecule has 0 aliphatic heterocycles. The average molecular weight is 419 g/mol. The van der Waals surface area contributed by atoms with Gasteiger partial charge in [-0.15, -0.1) is 0 Å². The second-order valence-electron chi connectivity index (χ2n) is 6.87. The number of halogens is 3. The van der Waals surface area contributed by atoms with Crippen molar-refractivity contribution in [2.75, 3.05) is 26.0 Å². The third-order valence-electron chi connectivity index (χ3n) is 4.54. The number of anilines is 1. The molecule has 0 fully saturated rings. The Labute approximate surface area is 170 Å². The van der Waals surface area contributed by atoms with Crippen molar-refractivity contribution in [3.8, 4) is 0 Å². The van der Waals surface area contributed by atoms with Crippen LogP contribution in [0.2, 0.25) is 0 Å². The van der Waals surface area contributed by atoms with Gasteiger partial charge in [0.2, 0.25) is 0 Å². The Morgan fingerprint density at radius 3 is 2.37 bits per heavy atom. The van der Waals surface area contributed by atoms with Crippen LogP contribution in [0.3, 0.4) is 0 Å². The van der Waals surface area contributed by atoms with Crippen LogP contribution < -0.4 is 10.6 Å². The number of likely N-dealkylation sites (N-methyl/N-ethyl adjacent to an activating group) is 1. The summed E-state index contributed by atoms with van der Waals surface area (Å²) in [6.45, 7) is 0.0278. The number of amides is 2. The molecule has 3 rings (SSSR count). The number of hydrogen-bond acceptors (Lipinski definition) is 4. The number of carbonyl (C=O) groups excluding carboxylic acids is 2. The highest BCUT2D eigenvalue weighted by atomic mass is 19.4. The summed E-state index contributed by atoms with van der Waals surface area (Å²) in [6.07, 6.45) is -4.66. The minimum atomic E-state index is -4.66. The van der Waals surface area contributed by atoms with Crippen LogP contribution in [0.4, 0.5) is 18.9 Å². The van der Waals surface area contributed by atoms with E-state index in [1.54, 1.807) is 19.0 Å². The maximum atomic E-state index is 13.1. The number of rotatable bonds is 5. The Kier molecular flexibility index (Phi) is 6.12. The first-order valence-electron chi connectivity index (χ1n) is 9.07. The molecule has 0 unspecified atom stereocenters. The van der Waals surface area contributed by atoms with E-state index in [9.17, 15) is 22.8 Å². The van der Waals surface area contributed by atoms with E-state index in [1.165, 1.54) is 12.1 Å². The van der Waals surface area contributed by atoms with E-state index >= 15 is 0 Å². The van der Waals surface area contributed by atoms with Crippen molar-refractivity contribution in [1.82, 2.24) is 10.2 Å². The van der Waals surface area contributed by atoms with Crippen molar-refractivity contribution in [2.45, 2.75) is 12.2 Å². The first-order valence-corrected chi connectivity index (χ1v) is 9.07. The van der Waals surface area contributed by atoms with Crippen LogP contribution >= 0.6 is 0 Å². The van der Waals surface area contributed by atoms with Crippen molar-refractivity contribution in [1.29, 1.82) is 0 Å². The number of benzene rings is 2. The molecule has 1 aromatic heterocycles. The minimum Gasteiger partial charge on any atom is -0.459 e. The molecule has 1 atom stereocenters. The molecule has 2 N–H and O–H groups in total. The Morgan fingerprint density at radius 1 is 1.03 bits per heavy atom. The molecule has 2 amide bonds. The number of nitrogens with one attached hydrogen (secondary N) is 2. The lowest BCUT2D eigenvalue weighted by atomic mass is 10.1. The van der Waals surface area contributed by atoms with Gasteiger partial charge in [0.25, 0.3) is 0 Å². The smallest absolute Gasteiger partial charge is 0.418 e. The monoisotopic (exact) mass is 419 g/mol. The van der Waals surface area contributed by atoms with Crippen molar-refractivity contribution in [3.63, 3.8) is 0 Å². The van der Waals surface area contributed by atoms with E-state index in [1.807, 2.05) is 35.6 Å². The van der Waals surface area contributed by atoms with Gasteiger partial charge in [-0.2, -0.15) is 13.2 Å². The first-order chi connectivity index (χ1) is 14.2. The van der Waals surface area contributed by atoms with Crippen molar-refractivity contribution in [2.24, 2.45) is 0 Å². The number of carbonyl (C=O) groups is 2. The summed E-state index contributed by atoms with van der Waals surface area (Å²) in [7, 11) is 3.56. The van der Waals surface area contributed by atoms with Gasteiger partial charge in [-0.3, -0.25) is 14.5 Å². The maximum absolute atomic E-state index is 13.1. The largest absolute Gasteiger partial charge is 0.459 e. The summed E-state index contributed by atoms with van der Waals surface area (Å²) >= 11 is 0. The van der Waals surface area contributed by atoms with E-state index in [4.69, 9.17) is 4.42 Å². The maximum Gasteiger partial charge on any atom is 0.418 e. The molecule has 0 saturated heterocycles. The molecular weight excluding hydrogens is 399 g/mol. The van der Waals surface area contributed by atoms with Gasteiger partial charge in [0.05, 0.1) is 17.3 Å². The SMILES string of the molecule is CN(C)[C@@H](CNC(=O)C(=O)Nc1ccccc1C(F)(F)F)c1cc2ccccc2o1. The number of furan rings is 1. The Morgan fingerprint density at radius 2 is 1.70 bits per heavy atom. The molecule has 0 radical (unpaired) electrons. The summed E-state index contributed by atoms with van der Waals surface area (Å²) in [6, 6.07) is 13.3. The first kappa shape index (κ1) is 21.4. The lowest BCUT2D eigenvalue weighted by Gasteiger charge is -2.22. The predicted molar refractivity (Wildman–Crippen MR) is 106 cm³/mol. The second kappa shape index (κ2) is 8.58. The molecule has 0 spiro atoms. The number of hydrogen-bond donors (Lipinski definition) is 2. The van der Waals surface area contributed by atoms with Gasteiger partial charge in [-0.25, -0.2) is 0 Å². The van der Waals surface area contributed by atoms with Gasteiger partial charge < -0.3 is 15.1 Å². The van der Waals surface area contributed by atoms with Gasteiger partial charge in [0, 0.05) is 11.9 Å². The Bertz CT molecular complexity index is 1030. The molecule has 30 heavy (non-hydrogen) atoms. The lowest BCUT2D eigenvalue weighted by molar-refractivity contribution is -0.138. The van der Waals surface area contributed by atoms with Crippen LogP contribution in [0.15, 0.2) is 59.0 Å². The fraction of sp³-hybridized carbons (Fsp3) is 0.238. The zero-order valence-electron chi connectivity index (χ0n) is 16.3. The van der Waals surface area contributed by atoms with Crippen LogP contribution in [0.25, 0.3) is 11.0 Å². The highest BCUT2D eigenvalue weighted by Crippen LogP contribution is 2.34. The normalized spacial score (nSPS) is 12.7. The van der Waals surface area contributed by atoms with Crippen LogP contribution in [0.5, 0.6) is 0 Å². The molecule has 0 bridgehead atoms. The van der Waals surface area contributed by atoms with Gasteiger partial charge >= 0.3 is 18.0 Å². The van der Waals surface area contributed by atoms with Crippen LogP contribution in [-0.2, 0) is 15.8 Å². The average Bonchev–Trinajstić information content (AvgIpc) is 3.11. The molecule has 9 heteroatoms. The minimum absolute atomic E-state index is 0.0278. The Balaban J connectivity index is 1.68.